The van der Waals surface area contributed by atoms with Crippen LogP contribution >= 0.6 is 0 Å². The first-order chi connectivity index (χ1) is 8.00. The summed E-state index contributed by atoms with van der Waals surface area (Å²) in [4.78, 5) is 11.7. The molecule has 1 amide bonds. The van der Waals surface area contributed by atoms with E-state index in [2.05, 4.69) is 19.2 Å². The van der Waals surface area contributed by atoms with Crippen molar-refractivity contribution in [2.75, 3.05) is 6.54 Å². The van der Waals surface area contributed by atoms with Crippen LogP contribution in [0.5, 0.6) is 0 Å². The number of rotatable bonds is 5. The summed E-state index contributed by atoms with van der Waals surface area (Å²) < 4.78 is 0. The van der Waals surface area contributed by atoms with E-state index in [9.17, 15) is 4.79 Å². The van der Waals surface area contributed by atoms with Crippen LogP contribution in [0.2, 0.25) is 0 Å². The molecule has 17 heavy (non-hydrogen) atoms. The summed E-state index contributed by atoms with van der Waals surface area (Å²) in [5.74, 6) is 0.392. The summed E-state index contributed by atoms with van der Waals surface area (Å²) in [6.07, 6.45) is 0.203. The zero-order valence-corrected chi connectivity index (χ0v) is 10.7. The molecule has 0 heterocycles. The summed E-state index contributed by atoms with van der Waals surface area (Å²) >= 11 is 0. The van der Waals surface area contributed by atoms with E-state index < -0.39 is 0 Å². The molecule has 0 bridgehead atoms. The molecule has 2 N–H and O–H groups in total. The van der Waals surface area contributed by atoms with Crippen molar-refractivity contribution in [3.8, 4) is 0 Å². The Labute approximate surface area is 103 Å². The molecule has 1 aromatic carbocycles. The van der Waals surface area contributed by atoms with Crippen LogP contribution in [0.25, 0.3) is 0 Å². The average molecular weight is 235 g/mol. The van der Waals surface area contributed by atoms with E-state index in [1.54, 1.807) is 6.92 Å². The maximum Gasteiger partial charge on any atom is 0.251 e. The minimum atomic E-state index is -0.376. The molecule has 0 fully saturated rings. The maximum absolute atomic E-state index is 11.7. The number of aliphatic hydroxyl groups is 1. The zero-order valence-electron chi connectivity index (χ0n) is 10.7. The normalized spacial score (nSPS) is 12.5. The molecule has 0 saturated carbocycles. The Kier molecular flexibility index (Phi) is 5.16. The van der Waals surface area contributed by atoms with Gasteiger partial charge in [0.2, 0.25) is 0 Å². The quantitative estimate of drug-likeness (QED) is 0.822. The minimum absolute atomic E-state index is 0.0824. The third-order valence-corrected chi connectivity index (χ3v) is 2.69. The smallest absolute Gasteiger partial charge is 0.251 e. The second kappa shape index (κ2) is 6.40. The highest BCUT2D eigenvalue weighted by molar-refractivity contribution is 5.94. The highest BCUT2D eigenvalue weighted by Crippen LogP contribution is 2.14. The van der Waals surface area contributed by atoms with Crippen molar-refractivity contribution in [3.63, 3.8) is 0 Å². The number of hydrogen-bond acceptors (Lipinski definition) is 2. The largest absolute Gasteiger partial charge is 0.393 e. The molecule has 1 atom stereocenters. The predicted molar refractivity (Wildman–Crippen MR) is 69.2 cm³/mol. The van der Waals surface area contributed by atoms with Gasteiger partial charge in [0, 0.05) is 12.1 Å². The molecule has 0 saturated heterocycles. The van der Waals surface area contributed by atoms with Crippen LogP contribution in [0.15, 0.2) is 24.3 Å². The van der Waals surface area contributed by atoms with Crippen LogP contribution in [0.1, 0.15) is 49.0 Å². The maximum atomic E-state index is 11.7. The standard InChI is InChI=1S/C14H21NO2/c1-10(2)12-4-6-13(7-5-12)14(17)15-9-8-11(3)16/h4-7,10-11,16H,8-9H2,1-3H3,(H,15,17). The van der Waals surface area contributed by atoms with Crippen molar-refractivity contribution < 1.29 is 9.90 Å². The number of hydrogen-bond donors (Lipinski definition) is 2. The fraction of sp³-hybridized carbons (Fsp3) is 0.500. The summed E-state index contributed by atoms with van der Waals surface area (Å²) in [7, 11) is 0. The van der Waals surface area contributed by atoms with Gasteiger partial charge in [-0.05, 0) is 37.0 Å². The molecule has 1 unspecified atom stereocenters. The monoisotopic (exact) mass is 235 g/mol. The minimum Gasteiger partial charge on any atom is -0.393 e. The lowest BCUT2D eigenvalue weighted by molar-refractivity contribution is 0.0945. The van der Waals surface area contributed by atoms with E-state index >= 15 is 0 Å². The summed E-state index contributed by atoms with van der Waals surface area (Å²) in [6.45, 7) is 6.46. The lowest BCUT2D eigenvalue weighted by Gasteiger charge is -2.08. The van der Waals surface area contributed by atoms with Crippen LogP contribution in [-0.2, 0) is 0 Å². The lowest BCUT2D eigenvalue weighted by atomic mass is 10.0. The predicted octanol–water partition coefficient (Wildman–Crippen LogP) is 2.31. The Morgan fingerprint density at radius 1 is 1.24 bits per heavy atom. The van der Waals surface area contributed by atoms with Crippen molar-refractivity contribution >= 4 is 5.91 Å². The van der Waals surface area contributed by atoms with E-state index in [-0.39, 0.29) is 12.0 Å². The molecule has 3 nitrogen and oxygen atoms in total. The van der Waals surface area contributed by atoms with Crippen molar-refractivity contribution in [2.24, 2.45) is 0 Å². The first-order valence-corrected chi connectivity index (χ1v) is 6.07. The second-order valence-corrected chi connectivity index (χ2v) is 4.67. The van der Waals surface area contributed by atoms with Gasteiger partial charge in [-0.15, -0.1) is 0 Å². The van der Waals surface area contributed by atoms with E-state index in [1.165, 1.54) is 5.56 Å². The number of carbonyl (C=O) groups is 1. The van der Waals surface area contributed by atoms with Gasteiger partial charge < -0.3 is 10.4 Å². The fourth-order valence-electron chi connectivity index (χ4n) is 1.52. The molecule has 0 aromatic heterocycles. The molecular formula is C14H21NO2. The second-order valence-electron chi connectivity index (χ2n) is 4.67. The number of benzene rings is 1. The Balaban J connectivity index is 2.52. The van der Waals surface area contributed by atoms with E-state index in [0.29, 0.717) is 24.4 Å². The first kappa shape index (κ1) is 13.7. The molecule has 94 valence electrons. The Morgan fingerprint density at radius 3 is 2.29 bits per heavy atom. The SMILES string of the molecule is CC(O)CCNC(=O)c1ccc(C(C)C)cc1. The van der Waals surface area contributed by atoms with Crippen LogP contribution in [0, 0.1) is 0 Å². The fourth-order valence-corrected chi connectivity index (χ4v) is 1.52. The molecule has 0 radical (unpaired) electrons. The van der Waals surface area contributed by atoms with Gasteiger partial charge in [-0.1, -0.05) is 26.0 Å². The van der Waals surface area contributed by atoms with Crippen LogP contribution in [-0.4, -0.2) is 23.7 Å². The molecule has 0 aliphatic heterocycles. The molecular weight excluding hydrogens is 214 g/mol. The van der Waals surface area contributed by atoms with Gasteiger partial charge in [0.15, 0.2) is 0 Å². The van der Waals surface area contributed by atoms with Crippen LogP contribution in [0.3, 0.4) is 0 Å². The number of carbonyl (C=O) groups excluding carboxylic acids is 1. The molecule has 0 aliphatic rings. The van der Waals surface area contributed by atoms with Gasteiger partial charge in [-0.25, -0.2) is 0 Å². The van der Waals surface area contributed by atoms with Crippen LogP contribution < -0.4 is 5.32 Å². The topological polar surface area (TPSA) is 49.3 Å². The average Bonchev–Trinajstić information content (AvgIpc) is 2.28. The number of amides is 1. The van der Waals surface area contributed by atoms with Crippen molar-refractivity contribution in [3.05, 3.63) is 35.4 Å². The highest BCUT2D eigenvalue weighted by atomic mass is 16.3. The number of nitrogens with one attached hydrogen (secondary N) is 1. The van der Waals surface area contributed by atoms with Crippen molar-refractivity contribution in [1.29, 1.82) is 0 Å². The lowest BCUT2D eigenvalue weighted by Crippen LogP contribution is -2.26. The van der Waals surface area contributed by atoms with Gasteiger partial charge in [0.1, 0.15) is 0 Å². The number of aliphatic hydroxyl groups excluding tert-OH is 1. The zero-order chi connectivity index (χ0) is 12.8. The Bertz CT molecular complexity index is 355. The molecule has 3 heteroatoms. The van der Waals surface area contributed by atoms with Crippen LogP contribution in [0.4, 0.5) is 0 Å². The van der Waals surface area contributed by atoms with Gasteiger partial charge in [0.05, 0.1) is 6.10 Å². The van der Waals surface area contributed by atoms with Crippen molar-refractivity contribution in [2.45, 2.75) is 39.2 Å². The Morgan fingerprint density at radius 2 is 1.82 bits per heavy atom. The van der Waals surface area contributed by atoms with Crippen molar-refractivity contribution in [1.82, 2.24) is 5.32 Å². The van der Waals surface area contributed by atoms with Gasteiger partial charge >= 0.3 is 0 Å². The molecule has 0 spiro atoms. The van der Waals surface area contributed by atoms with Gasteiger partial charge in [0.25, 0.3) is 5.91 Å². The first-order valence-electron chi connectivity index (χ1n) is 6.07. The third kappa shape index (κ3) is 4.57. The van der Waals surface area contributed by atoms with E-state index in [0.717, 1.165) is 0 Å². The molecule has 1 aromatic rings. The van der Waals surface area contributed by atoms with Gasteiger partial charge in [-0.2, -0.15) is 0 Å². The molecule has 1 rings (SSSR count). The third-order valence-electron chi connectivity index (χ3n) is 2.69. The summed E-state index contributed by atoms with van der Waals surface area (Å²) in [5.41, 5.74) is 1.89. The Hall–Kier alpha value is -1.35. The highest BCUT2D eigenvalue weighted by Gasteiger charge is 2.06. The molecule has 0 aliphatic carbocycles. The summed E-state index contributed by atoms with van der Waals surface area (Å²) in [6, 6.07) is 7.64. The van der Waals surface area contributed by atoms with E-state index in [1.807, 2.05) is 24.3 Å². The van der Waals surface area contributed by atoms with E-state index in [4.69, 9.17) is 5.11 Å². The summed E-state index contributed by atoms with van der Waals surface area (Å²) in [5, 5.41) is 11.9. The van der Waals surface area contributed by atoms with Gasteiger partial charge in [-0.3, -0.25) is 4.79 Å².